The van der Waals surface area contributed by atoms with Gasteiger partial charge < -0.3 is 46.1 Å². The lowest BCUT2D eigenvalue weighted by Crippen LogP contribution is -2.61. The van der Waals surface area contributed by atoms with E-state index in [9.17, 15) is 30.3 Å². The van der Waals surface area contributed by atoms with Crippen LogP contribution in [-0.4, -0.2) is 93.5 Å². The Labute approximate surface area is 133 Å². The van der Waals surface area contributed by atoms with Crippen molar-refractivity contribution < 1.29 is 39.8 Å². The molecule has 1 fully saturated rings. The van der Waals surface area contributed by atoms with Gasteiger partial charge in [-0.3, -0.25) is 4.79 Å². The molecule has 136 valence electrons. The molecule has 8 N–H and O–H groups in total. The summed E-state index contributed by atoms with van der Waals surface area (Å²) in [6.45, 7) is 2.30. The smallest absolute Gasteiger partial charge is 0.216 e. The maximum Gasteiger partial charge on any atom is 0.216 e. The Kier molecular flexibility index (Phi) is 7.77. The standard InChI is InChI=1S/C13H26N2O8/c1-5(16)9(18)7(14)4-22-13-12(21)11(20)10(19)8(23-13)3-15-6(2)17/h5,7-13,16,18-21H,3-4,14H2,1-2H3,(H,15,17). The van der Waals surface area contributed by atoms with E-state index in [0.717, 1.165) is 0 Å². The fourth-order valence-electron chi connectivity index (χ4n) is 2.13. The minimum absolute atomic E-state index is 0.0809. The van der Waals surface area contributed by atoms with Gasteiger partial charge in [0.1, 0.15) is 24.4 Å². The monoisotopic (exact) mass is 338 g/mol. The summed E-state index contributed by atoms with van der Waals surface area (Å²) in [5, 5.41) is 50.8. The summed E-state index contributed by atoms with van der Waals surface area (Å²) in [5.74, 6) is -0.346. The van der Waals surface area contributed by atoms with E-state index in [2.05, 4.69) is 5.32 Å². The van der Waals surface area contributed by atoms with Crippen LogP contribution in [0.25, 0.3) is 0 Å². The number of amides is 1. The molecule has 1 amide bonds. The number of aliphatic hydroxyl groups excluding tert-OH is 5. The lowest BCUT2D eigenvalue weighted by atomic mass is 9.98. The van der Waals surface area contributed by atoms with Crippen molar-refractivity contribution in [1.29, 1.82) is 0 Å². The summed E-state index contributed by atoms with van der Waals surface area (Å²) in [6, 6.07) is -0.941. The van der Waals surface area contributed by atoms with E-state index in [0.29, 0.717) is 0 Å². The van der Waals surface area contributed by atoms with Gasteiger partial charge in [-0.1, -0.05) is 0 Å². The molecular weight excluding hydrogens is 312 g/mol. The van der Waals surface area contributed by atoms with Crippen LogP contribution in [0.5, 0.6) is 0 Å². The number of nitrogens with one attached hydrogen (secondary N) is 1. The minimum atomic E-state index is -1.54. The Hall–Kier alpha value is -0.850. The van der Waals surface area contributed by atoms with Crippen molar-refractivity contribution in [1.82, 2.24) is 5.32 Å². The van der Waals surface area contributed by atoms with Gasteiger partial charge in [-0.15, -0.1) is 0 Å². The Balaban J connectivity index is 2.60. The van der Waals surface area contributed by atoms with Crippen molar-refractivity contribution >= 4 is 5.91 Å². The molecule has 10 heteroatoms. The van der Waals surface area contributed by atoms with Gasteiger partial charge in [-0.2, -0.15) is 0 Å². The molecule has 0 aromatic carbocycles. The molecule has 1 aliphatic heterocycles. The number of carbonyl (C=O) groups is 1. The Morgan fingerprint density at radius 3 is 2.39 bits per heavy atom. The molecule has 1 saturated heterocycles. The SMILES string of the molecule is CC(=O)NCC1OC(OCC(N)C(O)C(C)O)C(O)C(O)C1O. The van der Waals surface area contributed by atoms with Crippen molar-refractivity contribution in [3.63, 3.8) is 0 Å². The third-order valence-electron chi connectivity index (χ3n) is 3.61. The van der Waals surface area contributed by atoms with Crippen LogP contribution < -0.4 is 11.1 Å². The molecule has 23 heavy (non-hydrogen) atoms. The van der Waals surface area contributed by atoms with Gasteiger partial charge >= 0.3 is 0 Å². The fourth-order valence-corrected chi connectivity index (χ4v) is 2.13. The van der Waals surface area contributed by atoms with E-state index in [-0.39, 0.29) is 19.1 Å². The summed E-state index contributed by atoms with van der Waals surface area (Å²) in [6.07, 6.45) is -9.07. The zero-order valence-corrected chi connectivity index (χ0v) is 13.1. The maximum absolute atomic E-state index is 10.9. The number of aliphatic hydroxyl groups is 5. The fraction of sp³-hybridized carbons (Fsp3) is 0.923. The Bertz CT molecular complexity index is 383. The van der Waals surface area contributed by atoms with Crippen molar-refractivity contribution in [2.45, 2.75) is 62.8 Å². The molecule has 1 rings (SSSR count). The molecule has 1 aliphatic rings. The second-order valence-corrected chi connectivity index (χ2v) is 5.68. The van der Waals surface area contributed by atoms with Gasteiger partial charge in [0.2, 0.25) is 5.91 Å². The lowest BCUT2D eigenvalue weighted by Gasteiger charge is -2.40. The molecule has 0 spiro atoms. The molecule has 0 saturated carbocycles. The van der Waals surface area contributed by atoms with Crippen LogP contribution in [0.4, 0.5) is 0 Å². The van der Waals surface area contributed by atoms with Crippen LogP contribution in [0.1, 0.15) is 13.8 Å². The summed E-state index contributed by atoms with van der Waals surface area (Å²) < 4.78 is 10.6. The molecule has 0 aliphatic carbocycles. The van der Waals surface area contributed by atoms with Crippen LogP contribution in [0, 0.1) is 0 Å². The zero-order chi connectivity index (χ0) is 17.7. The first-order chi connectivity index (χ1) is 10.6. The molecule has 1 heterocycles. The highest BCUT2D eigenvalue weighted by Crippen LogP contribution is 2.22. The molecule has 0 aromatic heterocycles. The van der Waals surface area contributed by atoms with Crippen LogP contribution in [-0.2, 0) is 14.3 Å². The summed E-state index contributed by atoms with van der Waals surface area (Å²) in [4.78, 5) is 10.9. The first-order valence-corrected chi connectivity index (χ1v) is 7.32. The number of hydrogen-bond acceptors (Lipinski definition) is 9. The van der Waals surface area contributed by atoms with E-state index in [1.807, 2.05) is 0 Å². The summed E-state index contributed by atoms with van der Waals surface area (Å²) >= 11 is 0. The second-order valence-electron chi connectivity index (χ2n) is 5.68. The highest BCUT2D eigenvalue weighted by Gasteiger charge is 2.44. The predicted molar refractivity (Wildman–Crippen MR) is 77.0 cm³/mol. The van der Waals surface area contributed by atoms with E-state index in [1.54, 1.807) is 0 Å². The van der Waals surface area contributed by atoms with Gasteiger partial charge in [0.05, 0.1) is 24.9 Å². The van der Waals surface area contributed by atoms with Crippen molar-refractivity contribution in [2.24, 2.45) is 5.73 Å². The predicted octanol–water partition coefficient (Wildman–Crippen LogP) is -3.98. The van der Waals surface area contributed by atoms with Crippen molar-refractivity contribution in [2.75, 3.05) is 13.2 Å². The quantitative estimate of drug-likeness (QED) is 0.244. The molecule has 10 nitrogen and oxygen atoms in total. The Morgan fingerprint density at radius 2 is 1.87 bits per heavy atom. The highest BCUT2D eigenvalue weighted by atomic mass is 16.7. The second kappa shape index (κ2) is 8.85. The largest absolute Gasteiger partial charge is 0.391 e. The van der Waals surface area contributed by atoms with Gasteiger partial charge in [0.15, 0.2) is 6.29 Å². The lowest BCUT2D eigenvalue weighted by molar-refractivity contribution is -0.297. The molecular formula is C13H26N2O8. The first-order valence-electron chi connectivity index (χ1n) is 7.32. The molecule has 0 radical (unpaired) electrons. The maximum atomic E-state index is 10.9. The summed E-state index contributed by atoms with van der Waals surface area (Å²) in [5.41, 5.74) is 5.63. The molecule has 0 bridgehead atoms. The third kappa shape index (κ3) is 5.62. The van der Waals surface area contributed by atoms with E-state index in [4.69, 9.17) is 15.2 Å². The van der Waals surface area contributed by atoms with Gasteiger partial charge in [-0.25, -0.2) is 0 Å². The minimum Gasteiger partial charge on any atom is -0.391 e. The van der Waals surface area contributed by atoms with Gasteiger partial charge in [0.25, 0.3) is 0 Å². The van der Waals surface area contributed by atoms with Crippen LogP contribution in [0.15, 0.2) is 0 Å². The van der Waals surface area contributed by atoms with E-state index < -0.39 is 49.0 Å². The van der Waals surface area contributed by atoms with Crippen LogP contribution in [0.3, 0.4) is 0 Å². The van der Waals surface area contributed by atoms with Crippen molar-refractivity contribution in [3.05, 3.63) is 0 Å². The van der Waals surface area contributed by atoms with Gasteiger partial charge in [0, 0.05) is 13.5 Å². The topological polar surface area (TPSA) is 175 Å². The zero-order valence-electron chi connectivity index (χ0n) is 13.1. The van der Waals surface area contributed by atoms with E-state index >= 15 is 0 Å². The van der Waals surface area contributed by atoms with Gasteiger partial charge in [-0.05, 0) is 6.92 Å². The van der Waals surface area contributed by atoms with Crippen LogP contribution in [0.2, 0.25) is 0 Å². The summed E-state index contributed by atoms with van der Waals surface area (Å²) in [7, 11) is 0. The average molecular weight is 338 g/mol. The molecule has 8 unspecified atom stereocenters. The number of carbonyl (C=O) groups excluding carboxylic acids is 1. The van der Waals surface area contributed by atoms with Crippen LogP contribution >= 0.6 is 0 Å². The molecule has 8 atom stereocenters. The first kappa shape index (κ1) is 20.2. The average Bonchev–Trinajstić information content (AvgIpc) is 2.49. The Morgan fingerprint density at radius 1 is 1.26 bits per heavy atom. The third-order valence-corrected chi connectivity index (χ3v) is 3.61. The number of nitrogens with two attached hydrogens (primary N) is 1. The normalized spacial score (nSPS) is 35.4. The number of rotatable bonds is 7. The van der Waals surface area contributed by atoms with Crippen molar-refractivity contribution in [3.8, 4) is 0 Å². The number of ether oxygens (including phenoxy) is 2. The number of hydrogen-bond donors (Lipinski definition) is 7. The highest BCUT2D eigenvalue weighted by molar-refractivity contribution is 5.72. The molecule has 0 aromatic rings. The van der Waals surface area contributed by atoms with E-state index in [1.165, 1.54) is 13.8 Å².